The van der Waals surface area contributed by atoms with Crippen LogP contribution in [-0.4, -0.2) is 47.6 Å². The Morgan fingerprint density at radius 3 is 2.24 bits per heavy atom. The van der Waals surface area contributed by atoms with Gasteiger partial charge in [-0.2, -0.15) is 0 Å². The van der Waals surface area contributed by atoms with E-state index in [4.69, 9.17) is 5.73 Å². The van der Waals surface area contributed by atoms with Gasteiger partial charge in [-0.1, -0.05) is 43.7 Å². The predicted octanol–water partition coefficient (Wildman–Crippen LogP) is 4.81. The highest BCUT2D eigenvalue weighted by Gasteiger charge is 2.50. The van der Waals surface area contributed by atoms with E-state index < -0.39 is 35.0 Å². The zero-order chi connectivity index (χ0) is 30.2. The van der Waals surface area contributed by atoms with Gasteiger partial charge in [0.25, 0.3) is 0 Å². The molecule has 0 heterocycles. The minimum atomic E-state index is -1.42. The smallest absolute Gasteiger partial charge is 0.244 e. The second-order valence-electron chi connectivity index (χ2n) is 10.8. The van der Waals surface area contributed by atoms with Crippen LogP contribution in [-0.2, 0) is 22.6 Å². The highest BCUT2D eigenvalue weighted by molar-refractivity contribution is 5.96. The molecule has 2 aromatic carbocycles. The molecule has 3 atom stereocenters. The molecule has 0 aliphatic heterocycles. The summed E-state index contributed by atoms with van der Waals surface area (Å²) in [6.07, 6.45) is 3.47. The Morgan fingerprint density at radius 2 is 1.66 bits per heavy atom. The highest BCUT2D eigenvalue weighted by Crippen LogP contribution is 2.45. The summed E-state index contributed by atoms with van der Waals surface area (Å²) in [6.45, 7) is 6.84. The van der Waals surface area contributed by atoms with Gasteiger partial charge >= 0.3 is 0 Å². The first-order valence-electron chi connectivity index (χ1n) is 14.1. The normalized spacial score (nSPS) is 18.3. The Labute approximate surface area is 240 Å². The zero-order valence-electron chi connectivity index (χ0n) is 23.9. The molecular weight excluding hydrogens is 531 g/mol. The third kappa shape index (κ3) is 8.30. The topological polar surface area (TPSA) is 95.7 Å². The third-order valence-corrected chi connectivity index (χ3v) is 7.43. The molecule has 222 valence electrons. The van der Waals surface area contributed by atoms with Crippen molar-refractivity contribution in [3.8, 4) is 0 Å². The Hall–Kier alpha value is -3.43. The van der Waals surface area contributed by atoms with E-state index in [1.807, 2.05) is 13.8 Å². The van der Waals surface area contributed by atoms with Crippen molar-refractivity contribution in [1.82, 2.24) is 10.2 Å². The van der Waals surface area contributed by atoms with Crippen molar-refractivity contribution in [2.75, 3.05) is 19.6 Å². The Bertz CT molecular complexity index is 1270. The lowest BCUT2D eigenvalue weighted by molar-refractivity contribution is -0.145. The van der Waals surface area contributed by atoms with Crippen molar-refractivity contribution in [2.45, 2.75) is 59.1 Å². The molecule has 0 bridgehead atoms. The molecule has 41 heavy (non-hydrogen) atoms. The average molecular weight is 572 g/mol. The quantitative estimate of drug-likeness (QED) is 0.303. The second kappa shape index (κ2) is 14.5. The van der Waals surface area contributed by atoms with Crippen molar-refractivity contribution in [3.05, 3.63) is 94.3 Å². The Balaban J connectivity index is 2.09. The first-order chi connectivity index (χ1) is 19.5. The minimum absolute atomic E-state index is 0.00191. The molecule has 9 heteroatoms. The lowest BCUT2D eigenvalue weighted by Crippen LogP contribution is -2.54. The Morgan fingerprint density at radius 1 is 1.02 bits per heavy atom. The number of rotatable bonds is 14. The van der Waals surface area contributed by atoms with Gasteiger partial charge in [0.2, 0.25) is 11.8 Å². The van der Waals surface area contributed by atoms with Crippen molar-refractivity contribution >= 4 is 11.8 Å². The third-order valence-electron chi connectivity index (χ3n) is 7.43. The number of halogens is 3. The first kappa shape index (κ1) is 32.1. The van der Waals surface area contributed by atoms with Crippen LogP contribution < -0.4 is 11.1 Å². The largest absolute Gasteiger partial charge is 0.391 e. The summed E-state index contributed by atoms with van der Waals surface area (Å²) in [5, 5.41) is 14.8. The van der Waals surface area contributed by atoms with Crippen molar-refractivity contribution in [2.24, 2.45) is 17.1 Å². The van der Waals surface area contributed by atoms with E-state index in [0.717, 1.165) is 6.07 Å². The molecule has 1 unspecified atom stereocenters. The number of hydrogen-bond acceptors (Lipinski definition) is 4. The van der Waals surface area contributed by atoms with E-state index in [-0.39, 0.29) is 48.8 Å². The van der Waals surface area contributed by atoms with Crippen LogP contribution in [0.15, 0.2) is 65.8 Å². The fraction of sp³-hybridized carbons (Fsp3) is 0.438. The van der Waals surface area contributed by atoms with Crippen LogP contribution in [0.1, 0.15) is 51.2 Å². The number of primary amides is 1. The number of benzene rings is 2. The summed E-state index contributed by atoms with van der Waals surface area (Å²) in [4.78, 5) is 28.6. The molecule has 6 nitrogen and oxygen atoms in total. The van der Waals surface area contributed by atoms with Gasteiger partial charge < -0.3 is 21.1 Å². The van der Waals surface area contributed by atoms with Crippen LogP contribution in [0.2, 0.25) is 0 Å². The van der Waals surface area contributed by atoms with Gasteiger partial charge in [0.1, 0.15) is 17.5 Å². The highest BCUT2D eigenvalue weighted by atomic mass is 19.1. The SMILES string of the molecule is CCCN(CCC)C(=O)C1([C@H](Cc2cc(F)cc(F)c2)[C@@H](O)CNCc2cccc(F)c2)C=C(C)C=C(C(N)=O)C1. The number of hydrogen-bond donors (Lipinski definition) is 3. The number of aliphatic hydroxyl groups is 1. The molecule has 1 aliphatic carbocycles. The first-order valence-corrected chi connectivity index (χ1v) is 14.1. The summed E-state index contributed by atoms with van der Waals surface area (Å²) in [5.74, 6) is -3.79. The Kier molecular flexibility index (Phi) is 11.3. The van der Waals surface area contributed by atoms with Crippen LogP contribution >= 0.6 is 0 Å². The molecule has 0 fully saturated rings. The van der Waals surface area contributed by atoms with Gasteiger partial charge in [-0.05, 0) is 68.0 Å². The molecule has 0 spiro atoms. The van der Waals surface area contributed by atoms with Crippen molar-refractivity contribution in [1.29, 1.82) is 0 Å². The van der Waals surface area contributed by atoms with Gasteiger partial charge in [0.05, 0.1) is 11.5 Å². The van der Waals surface area contributed by atoms with Gasteiger partial charge in [0, 0.05) is 43.7 Å². The van der Waals surface area contributed by atoms with Crippen molar-refractivity contribution in [3.63, 3.8) is 0 Å². The molecule has 0 saturated heterocycles. The second-order valence-corrected chi connectivity index (χ2v) is 10.8. The van der Waals surface area contributed by atoms with E-state index in [0.29, 0.717) is 37.1 Å². The molecule has 0 aromatic heterocycles. The van der Waals surface area contributed by atoms with Crippen LogP contribution in [0, 0.1) is 28.8 Å². The maximum Gasteiger partial charge on any atom is 0.244 e. The van der Waals surface area contributed by atoms with Crippen LogP contribution in [0.4, 0.5) is 13.2 Å². The molecule has 0 radical (unpaired) electrons. The van der Waals surface area contributed by atoms with Gasteiger partial charge in [0.15, 0.2) is 0 Å². The number of nitrogens with two attached hydrogens (primary N) is 1. The molecule has 0 saturated carbocycles. The van der Waals surface area contributed by atoms with Gasteiger partial charge in [-0.25, -0.2) is 13.2 Å². The number of aliphatic hydroxyl groups excluding tert-OH is 1. The number of nitrogens with one attached hydrogen (secondary N) is 1. The van der Waals surface area contributed by atoms with Gasteiger partial charge in [-0.3, -0.25) is 9.59 Å². The summed E-state index contributed by atoms with van der Waals surface area (Å²) in [6, 6.07) is 9.16. The van der Waals surface area contributed by atoms with Crippen LogP contribution in [0.3, 0.4) is 0 Å². The maximum atomic E-state index is 14.5. The van der Waals surface area contributed by atoms with E-state index in [9.17, 15) is 27.9 Å². The van der Waals surface area contributed by atoms with E-state index in [1.54, 1.807) is 36.1 Å². The number of carbonyl (C=O) groups excluding carboxylic acids is 2. The number of nitrogens with zero attached hydrogens (tertiary/aromatic N) is 1. The van der Waals surface area contributed by atoms with Crippen LogP contribution in [0.5, 0.6) is 0 Å². The summed E-state index contributed by atoms with van der Waals surface area (Å²) < 4.78 is 42.2. The standard InChI is InChI=1S/C32H40F3N3O3/c1-4-9-38(10-5-2)31(41)32(17-21(3)11-24(18-32)30(36)40)28(15-23-13-26(34)16-27(35)14-23)29(39)20-37-19-22-7-6-8-25(33)12-22/h6-8,11-14,16-17,28-29,37,39H,4-5,9-10,15,18-20H2,1-3H3,(H2,36,40)/t28-,29+,32?/m1/s1. The van der Waals surface area contributed by atoms with Crippen molar-refractivity contribution < 1.29 is 27.9 Å². The molecule has 4 N–H and O–H groups in total. The zero-order valence-corrected chi connectivity index (χ0v) is 23.9. The van der Waals surface area contributed by atoms with Crippen LogP contribution in [0.25, 0.3) is 0 Å². The van der Waals surface area contributed by atoms with Gasteiger partial charge in [-0.15, -0.1) is 0 Å². The summed E-state index contributed by atoms with van der Waals surface area (Å²) in [5.41, 5.74) is 6.08. The number of carbonyl (C=O) groups is 2. The monoisotopic (exact) mass is 571 g/mol. The molecule has 2 amide bonds. The van der Waals surface area contributed by atoms with E-state index >= 15 is 0 Å². The molecule has 3 rings (SSSR count). The van der Waals surface area contributed by atoms with E-state index in [2.05, 4.69) is 5.32 Å². The average Bonchev–Trinajstić information content (AvgIpc) is 2.90. The molecule has 2 aromatic rings. The molecule has 1 aliphatic rings. The summed E-state index contributed by atoms with van der Waals surface area (Å²) >= 11 is 0. The minimum Gasteiger partial charge on any atom is -0.391 e. The fourth-order valence-corrected chi connectivity index (χ4v) is 5.78. The molecular formula is C32H40F3N3O3. The maximum absolute atomic E-state index is 14.5. The lowest BCUT2D eigenvalue weighted by atomic mass is 9.63. The predicted molar refractivity (Wildman–Crippen MR) is 153 cm³/mol. The lowest BCUT2D eigenvalue weighted by Gasteiger charge is -2.45. The summed E-state index contributed by atoms with van der Waals surface area (Å²) in [7, 11) is 0. The fourth-order valence-electron chi connectivity index (χ4n) is 5.78. The van der Waals surface area contributed by atoms with E-state index in [1.165, 1.54) is 24.3 Å². The number of allylic oxidation sites excluding steroid dienone is 2. The number of amides is 2.